The van der Waals surface area contributed by atoms with Crippen LogP contribution in [0.3, 0.4) is 0 Å². The molecule has 0 saturated heterocycles. The van der Waals surface area contributed by atoms with E-state index in [2.05, 4.69) is 231 Å². The van der Waals surface area contributed by atoms with E-state index in [0.29, 0.717) is 0 Å². The predicted molar refractivity (Wildman–Crippen MR) is 259 cm³/mol. The minimum Gasteiger partial charge on any atom is -0.0616 e. The van der Waals surface area contributed by atoms with Crippen molar-refractivity contribution in [3.05, 3.63) is 231 Å². The summed E-state index contributed by atoms with van der Waals surface area (Å²) in [5, 5.41) is 14.9. The molecule has 0 aliphatic carbocycles. The van der Waals surface area contributed by atoms with Crippen LogP contribution < -0.4 is 0 Å². The summed E-state index contributed by atoms with van der Waals surface area (Å²) in [5.74, 6) is 0. The highest BCUT2D eigenvalue weighted by Crippen LogP contribution is 2.48. The quantitative estimate of drug-likeness (QED) is 0.153. The third-order valence-electron chi connectivity index (χ3n) is 12.6. The van der Waals surface area contributed by atoms with Crippen LogP contribution in [0.15, 0.2) is 231 Å². The first-order valence-corrected chi connectivity index (χ1v) is 20.8. The highest BCUT2D eigenvalue weighted by molar-refractivity contribution is 6.23. The molecular weight excluding hydrogens is 721 g/mol. The maximum atomic E-state index is 2.46. The SMILES string of the molecule is c1ccc2cc(-c3c4ccccc4c(-c4cc(-c5cccc6ccccc56)cc(-c5cccc6ccccc56)c4)c4ccc(-c5cccc6ccccc56)cc34)ccc2c1. The van der Waals surface area contributed by atoms with Gasteiger partial charge in [-0.2, -0.15) is 0 Å². The largest absolute Gasteiger partial charge is 0.0616 e. The molecule has 0 nitrogen and oxygen atoms in total. The third-order valence-corrected chi connectivity index (χ3v) is 12.6. The van der Waals surface area contributed by atoms with E-state index in [-0.39, 0.29) is 0 Å². The highest BCUT2D eigenvalue weighted by Gasteiger charge is 2.20. The van der Waals surface area contributed by atoms with Crippen LogP contribution in [-0.2, 0) is 0 Å². The van der Waals surface area contributed by atoms with Crippen molar-refractivity contribution in [3.63, 3.8) is 0 Å². The zero-order valence-corrected chi connectivity index (χ0v) is 32.9. The summed E-state index contributed by atoms with van der Waals surface area (Å²) in [6.07, 6.45) is 0. The molecule has 0 heteroatoms. The van der Waals surface area contributed by atoms with Gasteiger partial charge in [0.1, 0.15) is 0 Å². The van der Waals surface area contributed by atoms with Crippen molar-refractivity contribution in [2.45, 2.75) is 0 Å². The van der Waals surface area contributed by atoms with Crippen LogP contribution in [-0.4, -0.2) is 0 Å². The van der Waals surface area contributed by atoms with Crippen LogP contribution in [0.5, 0.6) is 0 Å². The monoisotopic (exact) mass is 758 g/mol. The first-order chi connectivity index (χ1) is 29.7. The van der Waals surface area contributed by atoms with Gasteiger partial charge in [0.25, 0.3) is 0 Å². The van der Waals surface area contributed by atoms with Crippen LogP contribution in [0.25, 0.3) is 120 Å². The Morgan fingerprint density at radius 2 is 0.550 bits per heavy atom. The zero-order valence-electron chi connectivity index (χ0n) is 32.9. The Labute approximate surface area is 349 Å². The van der Waals surface area contributed by atoms with Gasteiger partial charge in [-0.3, -0.25) is 0 Å². The van der Waals surface area contributed by atoms with Crippen molar-refractivity contribution < 1.29 is 0 Å². The molecule has 0 aliphatic heterocycles. The number of fused-ring (bicyclic) bond motifs is 6. The van der Waals surface area contributed by atoms with E-state index in [0.717, 1.165) is 0 Å². The summed E-state index contributed by atoms with van der Waals surface area (Å²) >= 11 is 0. The Hall–Kier alpha value is -7.80. The summed E-state index contributed by atoms with van der Waals surface area (Å²) in [6, 6.07) is 85.5. The van der Waals surface area contributed by atoms with E-state index in [9.17, 15) is 0 Å². The first kappa shape index (κ1) is 34.3. The predicted octanol–water partition coefficient (Wildman–Crippen LogP) is 16.9. The average molecular weight is 759 g/mol. The lowest BCUT2D eigenvalue weighted by molar-refractivity contribution is 1.61. The molecule has 0 spiro atoms. The molecule has 0 N–H and O–H groups in total. The van der Waals surface area contributed by atoms with E-state index in [1.165, 1.54) is 120 Å². The second kappa shape index (κ2) is 13.9. The van der Waals surface area contributed by atoms with E-state index in [1.807, 2.05) is 0 Å². The minimum absolute atomic E-state index is 1.20. The maximum Gasteiger partial charge on any atom is -0.00259 e. The van der Waals surface area contributed by atoms with Gasteiger partial charge in [0.2, 0.25) is 0 Å². The molecule has 0 unspecified atom stereocenters. The first-order valence-electron chi connectivity index (χ1n) is 20.8. The van der Waals surface area contributed by atoms with Crippen molar-refractivity contribution >= 4 is 64.6 Å². The zero-order chi connectivity index (χ0) is 39.6. The lowest BCUT2D eigenvalue weighted by Gasteiger charge is -2.21. The fourth-order valence-corrected chi connectivity index (χ4v) is 9.83. The molecule has 12 aromatic carbocycles. The Morgan fingerprint density at radius 1 is 0.167 bits per heavy atom. The molecule has 12 rings (SSSR count). The lowest BCUT2D eigenvalue weighted by atomic mass is 9.82. The standard InChI is InChI=1S/C60H38/c1-2-18-43-34-45(31-30-39(43)14-1)59-55-25-9-10-26-56(55)60(57-33-32-44(38-58(57)59)52-27-11-19-40-15-3-6-22-49(40)52)48-36-46(53-28-12-20-41-16-4-7-23-50(41)53)35-47(37-48)54-29-13-21-42-17-5-8-24-51(42)54/h1-38H. The van der Waals surface area contributed by atoms with Crippen molar-refractivity contribution in [3.8, 4) is 55.6 Å². The summed E-state index contributed by atoms with van der Waals surface area (Å²) in [6.45, 7) is 0. The second-order valence-corrected chi connectivity index (χ2v) is 16.0. The van der Waals surface area contributed by atoms with Gasteiger partial charge in [-0.15, -0.1) is 0 Å². The number of benzene rings is 12. The van der Waals surface area contributed by atoms with Gasteiger partial charge in [-0.05, 0) is 151 Å². The fourth-order valence-electron chi connectivity index (χ4n) is 9.83. The molecule has 0 amide bonds. The smallest absolute Gasteiger partial charge is 0.00259 e. The maximum absolute atomic E-state index is 2.46. The normalized spacial score (nSPS) is 11.7. The molecule has 0 radical (unpaired) electrons. The molecule has 0 saturated carbocycles. The Bertz CT molecular complexity index is 3550. The summed E-state index contributed by atoms with van der Waals surface area (Å²) in [7, 11) is 0. The number of hydrogen-bond donors (Lipinski definition) is 0. The van der Waals surface area contributed by atoms with E-state index >= 15 is 0 Å². The van der Waals surface area contributed by atoms with Gasteiger partial charge in [-0.25, -0.2) is 0 Å². The Balaban J connectivity index is 1.21. The molecule has 0 fully saturated rings. The van der Waals surface area contributed by atoms with Gasteiger partial charge in [0.15, 0.2) is 0 Å². The molecule has 60 heavy (non-hydrogen) atoms. The van der Waals surface area contributed by atoms with Crippen molar-refractivity contribution in [1.29, 1.82) is 0 Å². The van der Waals surface area contributed by atoms with Gasteiger partial charge < -0.3 is 0 Å². The molecule has 0 bridgehead atoms. The summed E-state index contributed by atoms with van der Waals surface area (Å²) in [4.78, 5) is 0. The minimum atomic E-state index is 1.20. The highest BCUT2D eigenvalue weighted by atomic mass is 14.2. The van der Waals surface area contributed by atoms with Crippen LogP contribution in [0.1, 0.15) is 0 Å². The van der Waals surface area contributed by atoms with Crippen LogP contribution in [0.4, 0.5) is 0 Å². The number of hydrogen-bond acceptors (Lipinski definition) is 0. The van der Waals surface area contributed by atoms with E-state index in [1.54, 1.807) is 0 Å². The Kier molecular flexibility index (Phi) is 7.96. The van der Waals surface area contributed by atoms with Crippen molar-refractivity contribution in [2.24, 2.45) is 0 Å². The molecule has 278 valence electrons. The van der Waals surface area contributed by atoms with Crippen molar-refractivity contribution in [1.82, 2.24) is 0 Å². The molecule has 0 aromatic heterocycles. The van der Waals surface area contributed by atoms with Crippen LogP contribution >= 0.6 is 0 Å². The lowest BCUT2D eigenvalue weighted by Crippen LogP contribution is -1.94. The molecule has 0 atom stereocenters. The number of rotatable bonds is 5. The topological polar surface area (TPSA) is 0 Å². The fraction of sp³-hybridized carbons (Fsp3) is 0. The van der Waals surface area contributed by atoms with Gasteiger partial charge in [0, 0.05) is 0 Å². The average Bonchev–Trinajstić information content (AvgIpc) is 3.32. The van der Waals surface area contributed by atoms with Crippen LogP contribution in [0, 0.1) is 0 Å². The van der Waals surface area contributed by atoms with Gasteiger partial charge >= 0.3 is 0 Å². The van der Waals surface area contributed by atoms with E-state index in [4.69, 9.17) is 0 Å². The Morgan fingerprint density at radius 3 is 1.10 bits per heavy atom. The molecule has 12 aromatic rings. The van der Waals surface area contributed by atoms with Gasteiger partial charge in [0.05, 0.1) is 0 Å². The second-order valence-electron chi connectivity index (χ2n) is 16.0. The molecule has 0 heterocycles. The van der Waals surface area contributed by atoms with Crippen LogP contribution in [0.2, 0.25) is 0 Å². The van der Waals surface area contributed by atoms with Gasteiger partial charge in [-0.1, -0.05) is 200 Å². The van der Waals surface area contributed by atoms with Crippen molar-refractivity contribution in [2.75, 3.05) is 0 Å². The summed E-state index contributed by atoms with van der Waals surface area (Å²) < 4.78 is 0. The molecule has 0 aliphatic rings. The summed E-state index contributed by atoms with van der Waals surface area (Å²) in [5.41, 5.74) is 12.3. The molecular formula is C60H38. The van der Waals surface area contributed by atoms with E-state index < -0.39 is 0 Å². The third kappa shape index (κ3) is 5.61.